The van der Waals surface area contributed by atoms with Crippen LogP contribution in [0.25, 0.3) is 0 Å². The van der Waals surface area contributed by atoms with Crippen LogP contribution in [0.5, 0.6) is 11.5 Å². The minimum Gasteiger partial charge on any atom is -0.504 e. The van der Waals surface area contributed by atoms with E-state index in [9.17, 15) is 5.11 Å². The second-order valence-corrected chi connectivity index (χ2v) is 3.59. The van der Waals surface area contributed by atoms with Gasteiger partial charge in [0.1, 0.15) is 0 Å². The zero-order valence-corrected chi connectivity index (χ0v) is 9.19. The zero-order chi connectivity index (χ0) is 11.4. The molecule has 0 bridgehead atoms. The minimum atomic E-state index is 0.0658. The smallest absolute Gasteiger partial charge is 0.166 e. The molecule has 0 radical (unpaired) electrons. The van der Waals surface area contributed by atoms with Crippen molar-refractivity contribution in [3.05, 3.63) is 23.3 Å². The number of aromatic hydroxyl groups is 1. The van der Waals surface area contributed by atoms with Gasteiger partial charge in [-0.3, -0.25) is 0 Å². The van der Waals surface area contributed by atoms with Crippen LogP contribution >= 0.6 is 0 Å². The maximum Gasteiger partial charge on any atom is 0.166 e. The molecule has 82 valence electrons. The number of hydrazone groups is 1. The maximum atomic E-state index is 9.75. The summed E-state index contributed by atoms with van der Waals surface area (Å²) in [5.74, 6) is 5.92. The molecule has 1 aromatic rings. The number of nitrogens with two attached hydrogens (primary N) is 1. The van der Waals surface area contributed by atoms with E-state index in [1.54, 1.807) is 0 Å². The van der Waals surface area contributed by atoms with E-state index >= 15 is 0 Å². The van der Waals surface area contributed by atoms with Crippen LogP contribution in [0.1, 0.15) is 30.9 Å². The van der Waals surface area contributed by atoms with E-state index in [0.29, 0.717) is 17.2 Å². The Hall–Kier alpha value is -1.71. The van der Waals surface area contributed by atoms with Gasteiger partial charge in [-0.15, -0.1) is 0 Å². The highest BCUT2D eigenvalue weighted by atomic mass is 16.5. The standard InChI is InChI=1S/C11H16N2O2/c1-7(2)8-4-9(6-13-12)11(14)10(5-8)15-3/h4-7,14H,12H2,1-3H3. The van der Waals surface area contributed by atoms with E-state index in [2.05, 4.69) is 18.9 Å². The third kappa shape index (κ3) is 2.40. The van der Waals surface area contributed by atoms with Crippen LogP contribution in [0.2, 0.25) is 0 Å². The van der Waals surface area contributed by atoms with Crippen molar-refractivity contribution in [2.45, 2.75) is 19.8 Å². The second-order valence-electron chi connectivity index (χ2n) is 3.59. The van der Waals surface area contributed by atoms with Crippen LogP contribution < -0.4 is 10.6 Å². The van der Waals surface area contributed by atoms with Crippen molar-refractivity contribution < 1.29 is 9.84 Å². The summed E-state index contributed by atoms with van der Waals surface area (Å²) < 4.78 is 5.07. The summed E-state index contributed by atoms with van der Waals surface area (Å²) in [4.78, 5) is 0. The fourth-order valence-corrected chi connectivity index (χ4v) is 1.32. The summed E-state index contributed by atoms with van der Waals surface area (Å²) in [6.07, 6.45) is 1.41. The molecule has 0 saturated carbocycles. The van der Waals surface area contributed by atoms with Gasteiger partial charge in [0.05, 0.1) is 13.3 Å². The molecule has 4 heteroatoms. The average Bonchev–Trinajstić information content (AvgIpc) is 2.21. The van der Waals surface area contributed by atoms with Crippen molar-refractivity contribution in [1.29, 1.82) is 0 Å². The van der Waals surface area contributed by atoms with Gasteiger partial charge in [0.25, 0.3) is 0 Å². The fraction of sp³-hybridized carbons (Fsp3) is 0.364. The number of ether oxygens (including phenoxy) is 1. The molecule has 3 N–H and O–H groups in total. The lowest BCUT2D eigenvalue weighted by Crippen LogP contribution is -1.96. The summed E-state index contributed by atoms with van der Waals surface area (Å²) in [6.45, 7) is 4.13. The lowest BCUT2D eigenvalue weighted by molar-refractivity contribution is 0.372. The van der Waals surface area contributed by atoms with Crippen LogP contribution in [-0.4, -0.2) is 18.4 Å². The van der Waals surface area contributed by atoms with Gasteiger partial charge in [0.2, 0.25) is 0 Å². The number of phenols is 1. The Kier molecular flexibility index (Phi) is 3.55. The lowest BCUT2D eigenvalue weighted by atomic mass is 10.00. The van der Waals surface area contributed by atoms with Crippen LogP contribution in [0.3, 0.4) is 0 Å². The molecule has 0 fully saturated rings. The fourth-order valence-electron chi connectivity index (χ4n) is 1.32. The first kappa shape index (κ1) is 11.4. The van der Waals surface area contributed by atoms with Crippen molar-refractivity contribution in [3.63, 3.8) is 0 Å². The highest BCUT2D eigenvalue weighted by molar-refractivity contribution is 5.85. The predicted molar refractivity (Wildman–Crippen MR) is 60.5 cm³/mol. The van der Waals surface area contributed by atoms with Gasteiger partial charge < -0.3 is 15.7 Å². The SMILES string of the molecule is COc1cc(C(C)C)cc(C=NN)c1O. The summed E-state index contributed by atoms with van der Waals surface area (Å²) >= 11 is 0. The molecule has 15 heavy (non-hydrogen) atoms. The molecule has 1 aromatic carbocycles. The first-order valence-corrected chi connectivity index (χ1v) is 4.74. The molecular weight excluding hydrogens is 192 g/mol. The number of nitrogens with zero attached hydrogens (tertiary/aromatic N) is 1. The molecule has 0 aliphatic heterocycles. The van der Waals surface area contributed by atoms with Crippen molar-refractivity contribution in [3.8, 4) is 11.5 Å². The van der Waals surface area contributed by atoms with Gasteiger partial charge >= 0.3 is 0 Å². The van der Waals surface area contributed by atoms with Gasteiger partial charge in [-0.1, -0.05) is 13.8 Å². The monoisotopic (exact) mass is 208 g/mol. The Labute approximate surface area is 89.4 Å². The third-order valence-electron chi connectivity index (χ3n) is 2.23. The first-order valence-electron chi connectivity index (χ1n) is 4.74. The molecular formula is C11H16N2O2. The van der Waals surface area contributed by atoms with E-state index in [0.717, 1.165) is 5.56 Å². The quantitative estimate of drug-likeness (QED) is 0.452. The Morgan fingerprint density at radius 1 is 1.47 bits per heavy atom. The van der Waals surface area contributed by atoms with Gasteiger partial charge in [-0.05, 0) is 23.6 Å². The van der Waals surface area contributed by atoms with Gasteiger partial charge in [0.15, 0.2) is 11.5 Å². The van der Waals surface area contributed by atoms with Gasteiger partial charge in [-0.25, -0.2) is 0 Å². The van der Waals surface area contributed by atoms with E-state index in [4.69, 9.17) is 10.6 Å². The number of hydrogen-bond acceptors (Lipinski definition) is 4. The normalized spacial score (nSPS) is 11.2. The van der Waals surface area contributed by atoms with Crippen LogP contribution in [0.15, 0.2) is 17.2 Å². The molecule has 0 amide bonds. The average molecular weight is 208 g/mol. The Balaban J connectivity index is 3.31. The van der Waals surface area contributed by atoms with Crippen molar-refractivity contribution in [2.75, 3.05) is 7.11 Å². The molecule has 0 aliphatic rings. The van der Waals surface area contributed by atoms with Crippen molar-refractivity contribution in [2.24, 2.45) is 10.9 Å². The number of hydrogen-bond donors (Lipinski definition) is 2. The molecule has 0 aromatic heterocycles. The maximum absolute atomic E-state index is 9.75. The highest BCUT2D eigenvalue weighted by Gasteiger charge is 2.10. The summed E-state index contributed by atoms with van der Waals surface area (Å²) in [5.41, 5.74) is 1.64. The third-order valence-corrected chi connectivity index (χ3v) is 2.23. The predicted octanol–water partition coefficient (Wildman–Crippen LogP) is 1.82. The summed E-state index contributed by atoms with van der Waals surface area (Å²) in [5, 5.41) is 13.2. The highest BCUT2D eigenvalue weighted by Crippen LogP contribution is 2.32. The van der Waals surface area contributed by atoms with Crippen molar-refractivity contribution in [1.82, 2.24) is 0 Å². The van der Waals surface area contributed by atoms with E-state index in [1.807, 2.05) is 12.1 Å². The molecule has 0 unspecified atom stereocenters. The van der Waals surface area contributed by atoms with E-state index in [-0.39, 0.29) is 5.75 Å². The Morgan fingerprint density at radius 2 is 2.13 bits per heavy atom. The number of methoxy groups -OCH3 is 1. The molecule has 0 aliphatic carbocycles. The summed E-state index contributed by atoms with van der Waals surface area (Å²) in [6, 6.07) is 3.66. The van der Waals surface area contributed by atoms with Crippen LogP contribution in [0, 0.1) is 0 Å². The Bertz CT molecular complexity index is 373. The number of rotatable bonds is 3. The molecule has 0 heterocycles. The topological polar surface area (TPSA) is 67.8 Å². The first-order chi connectivity index (χ1) is 7.10. The lowest BCUT2D eigenvalue weighted by Gasteiger charge is -2.11. The largest absolute Gasteiger partial charge is 0.504 e. The molecule has 0 spiro atoms. The Morgan fingerprint density at radius 3 is 2.60 bits per heavy atom. The second kappa shape index (κ2) is 4.68. The van der Waals surface area contributed by atoms with Crippen molar-refractivity contribution >= 4 is 6.21 Å². The minimum absolute atomic E-state index is 0.0658. The molecule has 4 nitrogen and oxygen atoms in total. The molecule has 0 atom stereocenters. The molecule has 1 rings (SSSR count). The summed E-state index contributed by atoms with van der Waals surface area (Å²) in [7, 11) is 1.52. The van der Waals surface area contributed by atoms with Gasteiger partial charge in [0, 0.05) is 5.56 Å². The van der Waals surface area contributed by atoms with E-state index < -0.39 is 0 Å². The number of benzene rings is 1. The molecule has 0 saturated heterocycles. The van der Waals surface area contributed by atoms with Crippen LogP contribution in [-0.2, 0) is 0 Å². The zero-order valence-electron chi connectivity index (χ0n) is 9.19. The number of phenolic OH excluding ortho intramolecular Hbond substituents is 1. The van der Waals surface area contributed by atoms with Gasteiger partial charge in [-0.2, -0.15) is 5.10 Å². The van der Waals surface area contributed by atoms with Crippen LogP contribution in [0.4, 0.5) is 0 Å². The van der Waals surface area contributed by atoms with E-state index in [1.165, 1.54) is 13.3 Å².